The second-order valence-electron chi connectivity index (χ2n) is 7.24. The minimum atomic E-state index is -3.95. The lowest BCUT2D eigenvalue weighted by Gasteiger charge is -2.29. The summed E-state index contributed by atoms with van der Waals surface area (Å²) in [5.41, 5.74) is 0.209. The van der Waals surface area contributed by atoms with Crippen molar-refractivity contribution in [3.05, 3.63) is 84.5 Å². The van der Waals surface area contributed by atoms with Crippen LogP contribution in [0, 0.1) is 0 Å². The third-order valence-corrected chi connectivity index (χ3v) is 7.00. The van der Waals surface area contributed by atoms with Crippen LogP contribution >= 0.6 is 19.2 Å². The molecule has 0 saturated carbocycles. The van der Waals surface area contributed by atoms with Gasteiger partial charge in [0, 0.05) is 6.42 Å². The van der Waals surface area contributed by atoms with E-state index in [-0.39, 0.29) is 25.1 Å². The molecule has 1 atom stereocenters. The van der Waals surface area contributed by atoms with Gasteiger partial charge in [-0.25, -0.2) is 4.79 Å². The molecule has 186 valence electrons. The van der Waals surface area contributed by atoms with Crippen LogP contribution in [-0.2, 0) is 23.2 Å². The van der Waals surface area contributed by atoms with Gasteiger partial charge in [-0.3, -0.25) is 4.57 Å². The van der Waals surface area contributed by atoms with Crippen molar-refractivity contribution in [2.75, 3.05) is 19.8 Å². The number of para-hydroxylation sites is 2. The van der Waals surface area contributed by atoms with E-state index in [0.29, 0.717) is 17.1 Å². The second kappa shape index (κ2) is 12.7. The molecule has 0 heterocycles. The van der Waals surface area contributed by atoms with Crippen molar-refractivity contribution in [1.29, 1.82) is 0 Å². The van der Waals surface area contributed by atoms with Crippen LogP contribution in [-0.4, -0.2) is 36.3 Å². The Hall–Kier alpha value is -2.90. The number of carbonyl (C=O) groups is 1. The van der Waals surface area contributed by atoms with Crippen molar-refractivity contribution in [3.63, 3.8) is 0 Å². The molecule has 0 N–H and O–H groups in total. The predicted molar refractivity (Wildman–Crippen MR) is 134 cm³/mol. The summed E-state index contributed by atoms with van der Waals surface area (Å²) in [6, 6.07) is 17.8. The van der Waals surface area contributed by atoms with Crippen LogP contribution in [0.4, 0.5) is 0 Å². The van der Waals surface area contributed by atoms with Crippen LogP contribution in [0.2, 0.25) is 0 Å². The molecule has 0 spiro atoms. The highest BCUT2D eigenvalue weighted by molar-refractivity contribution is 7.73. The van der Waals surface area contributed by atoms with Gasteiger partial charge in [0.1, 0.15) is 11.5 Å². The molecule has 8 nitrogen and oxygen atoms in total. The van der Waals surface area contributed by atoms with Gasteiger partial charge in [0.15, 0.2) is 12.1 Å². The number of oxime groups is 1. The minimum absolute atomic E-state index is 0.0565. The average Bonchev–Trinajstić information content (AvgIpc) is 2.84. The smallest absolute Gasteiger partial charge is 0.383 e. The monoisotopic (exact) mass is 519 g/mol. The molecule has 0 bridgehead atoms. The summed E-state index contributed by atoms with van der Waals surface area (Å²) >= 11 is 6.73. The number of allylic oxidation sites excluding steroid dienone is 2. The van der Waals surface area contributed by atoms with Gasteiger partial charge in [-0.15, -0.1) is 0 Å². The first kappa shape index (κ1) is 26.7. The Morgan fingerprint density at radius 2 is 1.60 bits per heavy atom. The minimum Gasteiger partial charge on any atom is -0.482 e. The summed E-state index contributed by atoms with van der Waals surface area (Å²) in [6.07, 6.45) is 5.01. The Bertz CT molecular complexity index is 1110. The molecule has 0 amide bonds. The molecule has 0 aliphatic heterocycles. The van der Waals surface area contributed by atoms with Crippen molar-refractivity contribution in [3.8, 4) is 11.5 Å². The first-order chi connectivity index (χ1) is 16.9. The average molecular weight is 520 g/mol. The van der Waals surface area contributed by atoms with Gasteiger partial charge in [-0.05, 0) is 49.8 Å². The van der Waals surface area contributed by atoms with Crippen molar-refractivity contribution < 1.29 is 32.7 Å². The van der Waals surface area contributed by atoms with Crippen LogP contribution in [0.1, 0.15) is 20.3 Å². The summed E-state index contributed by atoms with van der Waals surface area (Å²) in [6.45, 7) is 3.10. The second-order valence-corrected chi connectivity index (χ2v) is 9.82. The molecule has 0 radical (unpaired) electrons. The molecule has 2 aromatic carbocycles. The third kappa shape index (κ3) is 7.80. The number of halogens is 1. The highest BCUT2D eigenvalue weighted by Gasteiger charge is 2.40. The van der Waals surface area contributed by atoms with Gasteiger partial charge in [0.25, 0.3) is 0 Å². The quantitative estimate of drug-likeness (QED) is 0.110. The van der Waals surface area contributed by atoms with Gasteiger partial charge >= 0.3 is 13.6 Å². The standard InChI is InChI=1S/C25H27ClNO7P/c1-3-31-35(29,32-4-2)24(27-34-23(28)19-30-21-13-7-5-8-14-21)20-12-11-17-25(26,18-20)33-22-15-9-6-10-16-22/h5-17H,3-4,18-19H2,1-2H3. The summed E-state index contributed by atoms with van der Waals surface area (Å²) in [5.74, 6) is 0.248. The lowest BCUT2D eigenvalue weighted by Crippen LogP contribution is -2.31. The Morgan fingerprint density at radius 1 is 1.00 bits per heavy atom. The zero-order chi connectivity index (χ0) is 25.2. The van der Waals surface area contributed by atoms with Crippen LogP contribution < -0.4 is 9.47 Å². The molecule has 1 unspecified atom stereocenters. The fourth-order valence-electron chi connectivity index (χ4n) is 3.16. The molecule has 0 fully saturated rings. The lowest BCUT2D eigenvalue weighted by atomic mass is 10.0. The Balaban J connectivity index is 1.82. The van der Waals surface area contributed by atoms with E-state index in [1.54, 1.807) is 68.5 Å². The van der Waals surface area contributed by atoms with E-state index in [1.807, 2.05) is 24.3 Å². The van der Waals surface area contributed by atoms with E-state index in [1.165, 1.54) is 0 Å². The number of rotatable bonds is 12. The molecular weight excluding hydrogens is 493 g/mol. The van der Waals surface area contributed by atoms with Crippen LogP contribution in [0.15, 0.2) is 89.6 Å². The normalized spacial score (nSPS) is 18.0. The number of carbonyl (C=O) groups excluding carboxylic acids is 1. The van der Waals surface area contributed by atoms with Gasteiger partial charge in [0.05, 0.1) is 13.2 Å². The van der Waals surface area contributed by atoms with E-state index in [0.717, 1.165) is 0 Å². The van der Waals surface area contributed by atoms with E-state index < -0.39 is 25.2 Å². The number of hydrogen-bond acceptors (Lipinski definition) is 8. The highest BCUT2D eigenvalue weighted by Crippen LogP contribution is 2.53. The van der Waals surface area contributed by atoms with Gasteiger partial charge in [-0.2, -0.15) is 0 Å². The van der Waals surface area contributed by atoms with E-state index in [2.05, 4.69) is 5.16 Å². The largest absolute Gasteiger partial charge is 0.482 e. The summed E-state index contributed by atoms with van der Waals surface area (Å²) < 4.78 is 35.9. The number of benzene rings is 2. The Labute approximate surface area is 209 Å². The number of hydrogen-bond donors (Lipinski definition) is 0. The molecule has 1 aliphatic rings. The zero-order valence-corrected chi connectivity index (χ0v) is 21.1. The Morgan fingerprint density at radius 3 is 2.20 bits per heavy atom. The fourth-order valence-corrected chi connectivity index (χ4v) is 5.11. The summed E-state index contributed by atoms with van der Waals surface area (Å²) in [5, 5.41) is 2.60. The molecule has 0 aromatic heterocycles. The molecule has 3 rings (SSSR count). The summed E-state index contributed by atoms with van der Waals surface area (Å²) in [7, 11) is -3.95. The van der Waals surface area contributed by atoms with Crippen LogP contribution in [0.3, 0.4) is 0 Å². The van der Waals surface area contributed by atoms with E-state index in [4.69, 9.17) is 35.0 Å². The van der Waals surface area contributed by atoms with Crippen molar-refractivity contribution in [2.24, 2.45) is 5.16 Å². The molecule has 0 saturated heterocycles. The van der Waals surface area contributed by atoms with Gasteiger partial charge < -0.3 is 23.4 Å². The van der Waals surface area contributed by atoms with Crippen molar-refractivity contribution >= 4 is 30.6 Å². The molecule has 2 aromatic rings. The fraction of sp³-hybridized carbons (Fsp3) is 0.280. The third-order valence-electron chi connectivity index (χ3n) is 4.58. The SMILES string of the molecule is CCOP(=O)(OCC)C(=NOC(=O)COc1ccccc1)C1=CC=CC(Cl)(Oc2ccccc2)C1. The predicted octanol–water partition coefficient (Wildman–Crippen LogP) is 6.09. The van der Waals surface area contributed by atoms with Crippen molar-refractivity contribution in [1.82, 2.24) is 0 Å². The highest BCUT2D eigenvalue weighted by atomic mass is 35.5. The first-order valence-corrected chi connectivity index (χ1v) is 13.0. The number of ether oxygens (including phenoxy) is 2. The first-order valence-electron chi connectivity index (χ1n) is 11.0. The maximum absolute atomic E-state index is 13.6. The molecule has 35 heavy (non-hydrogen) atoms. The maximum atomic E-state index is 13.6. The molecular formula is C25H27ClNO7P. The van der Waals surface area contributed by atoms with Gasteiger partial charge in [0.2, 0.25) is 5.06 Å². The molecule has 1 aliphatic carbocycles. The molecule has 10 heteroatoms. The zero-order valence-electron chi connectivity index (χ0n) is 19.5. The van der Waals surface area contributed by atoms with E-state index in [9.17, 15) is 9.36 Å². The number of alkyl halides is 1. The summed E-state index contributed by atoms with van der Waals surface area (Å²) in [4.78, 5) is 17.4. The van der Waals surface area contributed by atoms with E-state index >= 15 is 0 Å². The topological polar surface area (TPSA) is 92.7 Å². The van der Waals surface area contributed by atoms with Crippen LogP contribution in [0.25, 0.3) is 0 Å². The van der Waals surface area contributed by atoms with Crippen LogP contribution in [0.5, 0.6) is 11.5 Å². The lowest BCUT2D eigenvalue weighted by molar-refractivity contribution is -0.145. The maximum Gasteiger partial charge on any atom is 0.383 e. The Kier molecular flexibility index (Phi) is 9.69. The van der Waals surface area contributed by atoms with Crippen molar-refractivity contribution in [2.45, 2.75) is 25.3 Å². The number of nitrogens with zero attached hydrogens (tertiary/aromatic N) is 1. The van der Waals surface area contributed by atoms with Gasteiger partial charge in [-0.1, -0.05) is 65.3 Å².